The van der Waals surface area contributed by atoms with E-state index in [0.29, 0.717) is 22.9 Å². The molecule has 0 N–H and O–H groups in total. The normalized spacial score (nSPS) is 11.6. The molecule has 0 fully saturated rings. The van der Waals surface area contributed by atoms with Crippen LogP contribution in [0.3, 0.4) is 0 Å². The fourth-order valence-electron chi connectivity index (χ4n) is 1.55. The molecule has 0 amide bonds. The fraction of sp³-hybridized carbons (Fsp3) is 0.0833. The molecule has 100 valence electrons. The average Bonchev–Trinajstić information content (AvgIpc) is 2.29. The van der Waals surface area contributed by atoms with Gasteiger partial charge in [0, 0.05) is 12.3 Å². The first-order chi connectivity index (χ1) is 8.80. The number of nitrogens with zero attached hydrogens (tertiary/aromatic N) is 1. The molecule has 0 saturated heterocycles. The monoisotopic (exact) mass is 275 g/mol. The lowest BCUT2D eigenvalue weighted by molar-refractivity contribution is -0.138. The van der Waals surface area contributed by atoms with Crippen molar-refractivity contribution < 1.29 is 22.0 Å². The second-order valence-corrected chi connectivity index (χ2v) is 3.69. The quantitative estimate of drug-likeness (QED) is 0.733. The standard InChI is InChI=1S/C12H6F5NO/c13-8-2-1-3-9(14)11(8)18-6-7(12(15,16)17)4-5-10(18)19/h1-6H. The van der Waals surface area contributed by atoms with Crippen LogP contribution in [0.4, 0.5) is 22.0 Å². The molecule has 2 aromatic rings. The molecule has 0 radical (unpaired) electrons. The molecule has 0 spiro atoms. The Morgan fingerprint density at radius 2 is 1.53 bits per heavy atom. The second kappa shape index (κ2) is 4.49. The van der Waals surface area contributed by atoms with Crippen LogP contribution in [0.15, 0.2) is 41.3 Å². The zero-order chi connectivity index (χ0) is 14.2. The van der Waals surface area contributed by atoms with Crippen molar-refractivity contribution in [3.63, 3.8) is 0 Å². The van der Waals surface area contributed by atoms with Crippen molar-refractivity contribution in [3.05, 3.63) is 64.1 Å². The molecule has 0 unspecified atom stereocenters. The zero-order valence-corrected chi connectivity index (χ0v) is 9.21. The maximum absolute atomic E-state index is 13.5. The van der Waals surface area contributed by atoms with Gasteiger partial charge in [0.2, 0.25) is 0 Å². The Balaban J connectivity index is 2.72. The highest BCUT2D eigenvalue weighted by Crippen LogP contribution is 2.29. The molecule has 2 nitrogen and oxygen atoms in total. The molecule has 1 heterocycles. The number of aromatic nitrogens is 1. The van der Waals surface area contributed by atoms with E-state index in [1.165, 1.54) is 0 Å². The largest absolute Gasteiger partial charge is 0.417 e. The minimum atomic E-state index is -4.71. The van der Waals surface area contributed by atoms with Gasteiger partial charge < -0.3 is 0 Å². The first-order valence-corrected chi connectivity index (χ1v) is 5.05. The van der Waals surface area contributed by atoms with Crippen LogP contribution in [0.5, 0.6) is 0 Å². The van der Waals surface area contributed by atoms with Gasteiger partial charge in [0.25, 0.3) is 5.56 Å². The number of pyridine rings is 1. The first-order valence-electron chi connectivity index (χ1n) is 5.05. The van der Waals surface area contributed by atoms with Crippen LogP contribution in [-0.2, 0) is 6.18 Å². The van der Waals surface area contributed by atoms with Gasteiger partial charge in [-0.2, -0.15) is 13.2 Å². The SMILES string of the molecule is O=c1ccc(C(F)(F)F)cn1-c1c(F)cccc1F. The summed E-state index contributed by atoms with van der Waals surface area (Å²) in [7, 11) is 0. The molecular formula is C12H6F5NO. The number of para-hydroxylation sites is 1. The van der Waals surface area contributed by atoms with E-state index in [4.69, 9.17) is 0 Å². The van der Waals surface area contributed by atoms with Gasteiger partial charge in [-0.25, -0.2) is 8.78 Å². The summed E-state index contributed by atoms with van der Waals surface area (Å²) in [5.74, 6) is -2.25. The lowest BCUT2D eigenvalue weighted by atomic mass is 10.2. The van der Waals surface area contributed by atoms with E-state index < -0.39 is 34.6 Å². The number of hydrogen-bond acceptors (Lipinski definition) is 1. The molecule has 2 rings (SSSR count). The topological polar surface area (TPSA) is 22.0 Å². The summed E-state index contributed by atoms with van der Waals surface area (Å²) in [6.45, 7) is 0. The fourth-order valence-corrected chi connectivity index (χ4v) is 1.55. The molecule has 1 aromatic carbocycles. The van der Waals surface area contributed by atoms with Crippen LogP contribution >= 0.6 is 0 Å². The Morgan fingerprint density at radius 1 is 0.947 bits per heavy atom. The lowest BCUT2D eigenvalue weighted by Crippen LogP contribution is -2.21. The number of benzene rings is 1. The highest BCUT2D eigenvalue weighted by atomic mass is 19.4. The number of alkyl halides is 3. The molecular weight excluding hydrogens is 269 g/mol. The summed E-state index contributed by atoms with van der Waals surface area (Å²) in [6.07, 6.45) is -4.35. The van der Waals surface area contributed by atoms with E-state index in [-0.39, 0.29) is 0 Å². The van der Waals surface area contributed by atoms with Crippen molar-refractivity contribution in [2.75, 3.05) is 0 Å². The summed E-state index contributed by atoms with van der Waals surface area (Å²) < 4.78 is 64.8. The van der Waals surface area contributed by atoms with Crippen molar-refractivity contribution in [3.8, 4) is 5.69 Å². The summed E-state index contributed by atoms with van der Waals surface area (Å²) in [5.41, 5.74) is -2.97. The van der Waals surface area contributed by atoms with E-state index in [1.807, 2.05) is 0 Å². The van der Waals surface area contributed by atoms with E-state index in [9.17, 15) is 26.7 Å². The Morgan fingerprint density at radius 3 is 2.05 bits per heavy atom. The Hall–Kier alpha value is -2.18. The third kappa shape index (κ3) is 2.49. The molecule has 0 aliphatic carbocycles. The number of hydrogen-bond donors (Lipinski definition) is 0. The van der Waals surface area contributed by atoms with Crippen LogP contribution in [0.2, 0.25) is 0 Å². The van der Waals surface area contributed by atoms with Gasteiger partial charge in [0.1, 0.15) is 17.3 Å². The van der Waals surface area contributed by atoms with Gasteiger partial charge in [-0.3, -0.25) is 9.36 Å². The van der Waals surface area contributed by atoms with Crippen molar-refractivity contribution in [2.24, 2.45) is 0 Å². The Bertz CT molecular complexity index is 654. The predicted molar refractivity (Wildman–Crippen MR) is 57.0 cm³/mol. The average molecular weight is 275 g/mol. The van der Waals surface area contributed by atoms with E-state index in [1.54, 1.807) is 0 Å². The van der Waals surface area contributed by atoms with Crippen LogP contribution < -0.4 is 5.56 Å². The van der Waals surface area contributed by atoms with Crippen LogP contribution in [0.25, 0.3) is 5.69 Å². The van der Waals surface area contributed by atoms with Crippen LogP contribution in [0.1, 0.15) is 5.56 Å². The van der Waals surface area contributed by atoms with E-state index in [0.717, 1.165) is 18.2 Å². The molecule has 0 saturated carbocycles. The molecule has 1 aromatic heterocycles. The molecule has 0 bridgehead atoms. The summed E-state index contributed by atoms with van der Waals surface area (Å²) in [6, 6.07) is 3.91. The summed E-state index contributed by atoms with van der Waals surface area (Å²) in [4.78, 5) is 11.5. The van der Waals surface area contributed by atoms with Crippen LogP contribution in [0, 0.1) is 11.6 Å². The van der Waals surface area contributed by atoms with Gasteiger partial charge >= 0.3 is 6.18 Å². The maximum Gasteiger partial charge on any atom is 0.417 e. The molecule has 7 heteroatoms. The predicted octanol–water partition coefficient (Wildman–Crippen LogP) is 3.13. The third-order valence-corrected chi connectivity index (χ3v) is 2.42. The smallest absolute Gasteiger partial charge is 0.278 e. The van der Waals surface area contributed by atoms with Gasteiger partial charge in [-0.15, -0.1) is 0 Å². The Labute approximate surface area is 103 Å². The van der Waals surface area contributed by atoms with Gasteiger partial charge in [0.05, 0.1) is 5.56 Å². The van der Waals surface area contributed by atoms with Gasteiger partial charge in [-0.1, -0.05) is 6.07 Å². The van der Waals surface area contributed by atoms with E-state index >= 15 is 0 Å². The minimum absolute atomic E-state index is 0.299. The minimum Gasteiger partial charge on any atom is -0.278 e. The summed E-state index contributed by atoms with van der Waals surface area (Å²) in [5, 5.41) is 0. The van der Waals surface area contributed by atoms with E-state index in [2.05, 4.69) is 0 Å². The number of rotatable bonds is 1. The van der Waals surface area contributed by atoms with Gasteiger partial charge in [-0.05, 0) is 18.2 Å². The third-order valence-electron chi connectivity index (χ3n) is 2.42. The lowest BCUT2D eigenvalue weighted by Gasteiger charge is -2.11. The highest BCUT2D eigenvalue weighted by molar-refractivity contribution is 5.36. The molecule has 19 heavy (non-hydrogen) atoms. The molecule has 0 aliphatic heterocycles. The van der Waals surface area contributed by atoms with Crippen molar-refractivity contribution in [2.45, 2.75) is 6.18 Å². The van der Waals surface area contributed by atoms with Crippen molar-refractivity contribution in [1.29, 1.82) is 0 Å². The maximum atomic E-state index is 13.5. The van der Waals surface area contributed by atoms with Crippen molar-refractivity contribution in [1.82, 2.24) is 4.57 Å². The molecule has 0 atom stereocenters. The van der Waals surface area contributed by atoms with Crippen molar-refractivity contribution >= 4 is 0 Å². The zero-order valence-electron chi connectivity index (χ0n) is 9.21. The highest BCUT2D eigenvalue weighted by Gasteiger charge is 2.31. The van der Waals surface area contributed by atoms with Gasteiger partial charge in [0.15, 0.2) is 0 Å². The molecule has 0 aliphatic rings. The van der Waals surface area contributed by atoms with Crippen LogP contribution in [-0.4, -0.2) is 4.57 Å². The second-order valence-electron chi connectivity index (χ2n) is 3.69. The number of halogens is 5. The summed E-state index contributed by atoms with van der Waals surface area (Å²) >= 11 is 0. The first kappa shape index (κ1) is 13.3. The Kier molecular flexibility index (Phi) is 3.13.